The van der Waals surface area contributed by atoms with Crippen LogP contribution in [0.15, 0.2) is 28.7 Å². The highest BCUT2D eigenvalue weighted by molar-refractivity contribution is 5.78. The summed E-state index contributed by atoms with van der Waals surface area (Å²) in [4.78, 5) is 0. The van der Waals surface area contributed by atoms with E-state index in [-0.39, 0.29) is 24.3 Å². The Morgan fingerprint density at radius 2 is 2.19 bits per heavy atom. The Morgan fingerprint density at radius 1 is 1.44 bits per heavy atom. The predicted molar refractivity (Wildman–Crippen MR) is 58.3 cm³/mol. The average Bonchev–Trinajstić information content (AvgIpc) is 2.74. The summed E-state index contributed by atoms with van der Waals surface area (Å²) in [6, 6.07) is 6.03. The van der Waals surface area contributed by atoms with Crippen LogP contribution in [-0.2, 0) is 5.67 Å². The number of alkyl halides is 1. The molecule has 0 aliphatic rings. The lowest BCUT2D eigenvalue weighted by molar-refractivity contribution is 0.136. The summed E-state index contributed by atoms with van der Waals surface area (Å²) in [6.07, 6.45) is 0.199. The van der Waals surface area contributed by atoms with E-state index in [0.29, 0.717) is 5.39 Å². The molecule has 0 aliphatic heterocycles. The van der Waals surface area contributed by atoms with E-state index in [1.165, 1.54) is 12.1 Å². The molecule has 86 valence electrons. The van der Waals surface area contributed by atoms with Gasteiger partial charge in [-0.1, -0.05) is 19.1 Å². The van der Waals surface area contributed by atoms with Crippen molar-refractivity contribution in [2.75, 3.05) is 6.54 Å². The molecule has 2 N–H and O–H groups in total. The lowest BCUT2D eigenvalue weighted by Crippen LogP contribution is -2.28. The van der Waals surface area contributed by atoms with Crippen molar-refractivity contribution in [1.29, 1.82) is 0 Å². The molecule has 1 heterocycles. The van der Waals surface area contributed by atoms with Crippen molar-refractivity contribution in [3.05, 3.63) is 35.8 Å². The summed E-state index contributed by atoms with van der Waals surface area (Å²) < 4.78 is 32.8. The fourth-order valence-corrected chi connectivity index (χ4v) is 1.67. The first-order valence-corrected chi connectivity index (χ1v) is 5.18. The van der Waals surface area contributed by atoms with Crippen LogP contribution in [0.25, 0.3) is 11.0 Å². The van der Waals surface area contributed by atoms with Crippen LogP contribution in [0, 0.1) is 5.82 Å². The van der Waals surface area contributed by atoms with Gasteiger partial charge >= 0.3 is 0 Å². The molecule has 0 radical (unpaired) electrons. The monoisotopic (exact) mass is 225 g/mol. The number of hydrogen-bond donors (Lipinski definition) is 1. The summed E-state index contributed by atoms with van der Waals surface area (Å²) in [5.41, 5.74) is 3.75. The molecule has 0 saturated heterocycles. The van der Waals surface area contributed by atoms with Gasteiger partial charge in [0.25, 0.3) is 0 Å². The first-order valence-electron chi connectivity index (χ1n) is 5.18. The molecular formula is C12H13F2NO. The Hall–Kier alpha value is -1.42. The van der Waals surface area contributed by atoms with Crippen molar-refractivity contribution >= 4 is 11.0 Å². The zero-order chi connectivity index (χ0) is 11.8. The Labute approximate surface area is 92.0 Å². The lowest BCUT2D eigenvalue weighted by atomic mass is 10.00. The van der Waals surface area contributed by atoms with Crippen LogP contribution in [0.1, 0.15) is 19.1 Å². The van der Waals surface area contributed by atoms with Gasteiger partial charge in [0.2, 0.25) is 0 Å². The van der Waals surface area contributed by atoms with Crippen LogP contribution in [0.3, 0.4) is 0 Å². The van der Waals surface area contributed by atoms with Gasteiger partial charge in [-0.3, -0.25) is 0 Å². The maximum Gasteiger partial charge on any atom is 0.180 e. The van der Waals surface area contributed by atoms with E-state index in [2.05, 4.69) is 0 Å². The first kappa shape index (κ1) is 11.1. The third-order valence-corrected chi connectivity index (χ3v) is 2.82. The van der Waals surface area contributed by atoms with Crippen LogP contribution in [0.4, 0.5) is 8.78 Å². The van der Waals surface area contributed by atoms with Crippen LogP contribution < -0.4 is 5.73 Å². The third-order valence-electron chi connectivity index (χ3n) is 2.82. The summed E-state index contributed by atoms with van der Waals surface area (Å²) >= 11 is 0. The molecule has 4 heteroatoms. The zero-order valence-electron chi connectivity index (χ0n) is 8.97. The van der Waals surface area contributed by atoms with Crippen molar-refractivity contribution < 1.29 is 13.2 Å². The topological polar surface area (TPSA) is 39.2 Å². The van der Waals surface area contributed by atoms with E-state index in [1.807, 2.05) is 0 Å². The number of rotatable bonds is 3. The van der Waals surface area contributed by atoms with Gasteiger partial charge in [0.1, 0.15) is 5.76 Å². The van der Waals surface area contributed by atoms with E-state index in [4.69, 9.17) is 10.2 Å². The fraction of sp³-hybridized carbons (Fsp3) is 0.333. The molecule has 0 bridgehead atoms. The van der Waals surface area contributed by atoms with Gasteiger partial charge in [0.05, 0.1) is 0 Å². The van der Waals surface area contributed by atoms with Gasteiger partial charge in [0, 0.05) is 11.9 Å². The smallest absolute Gasteiger partial charge is 0.180 e. The molecule has 0 spiro atoms. The number of benzene rings is 1. The lowest BCUT2D eigenvalue weighted by Gasteiger charge is -2.18. The predicted octanol–water partition coefficient (Wildman–Crippen LogP) is 3.11. The quantitative estimate of drug-likeness (QED) is 0.871. The Kier molecular flexibility index (Phi) is 2.68. The van der Waals surface area contributed by atoms with Crippen molar-refractivity contribution in [3.63, 3.8) is 0 Å². The molecule has 1 unspecified atom stereocenters. The van der Waals surface area contributed by atoms with E-state index >= 15 is 0 Å². The van der Waals surface area contributed by atoms with E-state index in [1.54, 1.807) is 19.1 Å². The molecule has 0 saturated carbocycles. The van der Waals surface area contributed by atoms with Crippen molar-refractivity contribution in [2.24, 2.45) is 5.73 Å². The second kappa shape index (κ2) is 3.87. The molecule has 2 rings (SSSR count). The molecular weight excluding hydrogens is 212 g/mol. The molecule has 0 amide bonds. The van der Waals surface area contributed by atoms with Gasteiger partial charge in [-0.15, -0.1) is 0 Å². The maximum absolute atomic E-state index is 14.2. The Balaban J connectivity index is 2.59. The van der Waals surface area contributed by atoms with Gasteiger partial charge in [0.15, 0.2) is 17.1 Å². The largest absolute Gasteiger partial charge is 0.455 e. The minimum Gasteiger partial charge on any atom is -0.455 e. The summed E-state index contributed by atoms with van der Waals surface area (Å²) in [5.74, 6) is -0.392. The highest BCUT2D eigenvalue weighted by Gasteiger charge is 2.32. The minimum atomic E-state index is -1.72. The molecule has 1 aromatic carbocycles. The zero-order valence-corrected chi connectivity index (χ0v) is 8.97. The Morgan fingerprint density at radius 3 is 2.75 bits per heavy atom. The van der Waals surface area contributed by atoms with Gasteiger partial charge in [-0.05, 0) is 18.6 Å². The SMILES string of the molecule is CCC(F)(CN)c1cc2cccc(F)c2o1. The van der Waals surface area contributed by atoms with Gasteiger partial charge in [-0.25, -0.2) is 8.78 Å². The van der Waals surface area contributed by atoms with E-state index in [0.717, 1.165) is 0 Å². The highest BCUT2D eigenvalue weighted by Crippen LogP contribution is 2.33. The third kappa shape index (κ3) is 1.59. The minimum absolute atomic E-state index is 0.0847. The van der Waals surface area contributed by atoms with Crippen molar-refractivity contribution in [3.8, 4) is 0 Å². The second-order valence-corrected chi connectivity index (χ2v) is 3.79. The van der Waals surface area contributed by atoms with E-state index in [9.17, 15) is 8.78 Å². The van der Waals surface area contributed by atoms with Crippen molar-refractivity contribution in [1.82, 2.24) is 0 Å². The van der Waals surface area contributed by atoms with Gasteiger partial charge in [-0.2, -0.15) is 0 Å². The summed E-state index contributed by atoms with van der Waals surface area (Å²) in [7, 11) is 0. The number of para-hydroxylation sites is 1. The van der Waals surface area contributed by atoms with Crippen LogP contribution in [0.5, 0.6) is 0 Å². The van der Waals surface area contributed by atoms with Crippen LogP contribution in [-0.4, -0.2) is 6.54 Å². The van der Waals surface area contributed by atoms with Crippen molar-refractivity contribution in [2.45, 2.75) is 19.0 Å². The van der Waals surface area contributed by atoms with Gasteiger partial charge < -0.3 is 10.2 Å². The molecule has 2 aromatic rings. The fourth-order valence-electron chi connectivity index (χ4n) is 1.67. The molecule has 1 atom stereocenters. The summed E-state index contributed by atoms with van der Waals surface area (Å²) in [5, 5.41) is 0.555. The number of fused-ring (bicyclic) bond motifs is 1. The second-order valence-electron chi connectivity index (χ2n) is 3.79. The normalized spacial score (nSPS) is 15.2. The average molecular weight is 225 g/mol. The molecule has 1 aromatic heterocycles. The standard InChI is InChI=1S/C12H13F2NO/c1-2-12(14,7-15)10-6-8-4-3-5-9(13)11(8)16-10/h3-6H,2,7,15H2,1H3. The molecule has 0 fully saturated rings. The molecule has 16 heavy (non-hydrogen) atoms. The Bertz CT molecular complexity index is 503. The number of hydrogen-bond acceptors (Lipinski definition) is 2. The van der Waals surface area contributed by atoms with E-state index < -0.39 is 11.5 Å². The maximum atomic E-state index is 14.2. The first-order chi connectivity index (χ1) is 7.60. The molecule has 0 aliphatic carbocycles. The highest BCUT2D eigenvalue weighted by atomic mass is 19.1. The van der Waals surface area contributed by atoms with Crippen LogP contribution >= 0.6 is 0 Å². The van der Waals surface area contributed by atoms with Crippen LogP contribution in [0.2, 0.25) is 0 Å². The number of furan rings is 1. The molecule has 2 nitrogen and oxygen atoms in total. The number of halogens is 2. The summed E-state index contributed by atoms with van der Waals surface area (Å²) in [6.45, 7) is 1.50. The number of nitrogens with two attached hydrogens (primary N) is 1.